The van der Waals surface area contributed by atoms with Gasteiger partial charge in [0.1, 0.15) is 11.5 Å². The standard InChI is InChI=1S/C11H13IN4OS/c1-3-13-11-9(12)7(4-17-2)15-10(16-11)8-5-18-6-14-8/h5-6H,3-4H2,1-2H3,(H,13,15,16). The van der Waals surface area contributed by atoms with E-state index in [2.05, 4.69) is 42.9 Å². The van der Waals surface area contributed by atoms with E-state index in [0.29, 0.717) is 12.4 Å². The molecule has 0 saturated heterocycles. The number of anilines is 1. The Balaban J connectivity index is 2.47. The Kier molecular flexibility index (Phi) is 4.84. The molecule has 18 heavy (non-hydrogen) atoms. The van der Waals surface area contributed by atoms with Crippen LogP contribution < -0.4 is 5.32 Å². The predicted octanol–water partition coefficient (Wildman–Crippen LogP) is 2.78. The van der Waals surface area contributed by atoms with Gasteiger partial charge in [-0.1, -0.05) is 0 Å². The first-order valence-corrected chi connectivity index (χ1v) is 7.46. The van der Waals surface area contributed by atoms with Gasteiger partial charge in [0.2, 0.25) is 0 Å². The summed E-state index contributed by atoms with van der Waals surface area (Å²) in [6, 6.07) is 0. The molecule has 0 amide bonds. The molecule has 2 heterocycles. The van der Waals surface area contributed by atoms with E-state index in [1.54, 1.807) is 12.6 Å². The fourth-order valence-corrected chi connectivity index (χ4v) is 2.57. The van der Waals surface area contributed by atoms with E-state index in [0.717, 1.165) is 27.3 Å². The van der Waals surface area contributed by atoms with E-state index in [4.69, 9.17) is 4.74 Å². The first kappa shape index (κ1) is 13.6. The van der Waals surface area contributed by atoms with Crippen molar-refractivity contribution in [2.45, 2.75) is 13.5 Å². The summed E-state index contributed by atoms with van der Waals surface area (Å²) in [7, 11) is 1.66. The molecule has 96 valence electrons. The fraction of sp³-hybridized carbons (Fsp3) is 0.364. The molecular formula is C11H13IN4OS. The minimum Gasteiger partial charge on any atom is -0.378 e. The second-order valence-electron chi connectivity index (χ2n) is 3.49. The third-order valence-corrected chi connectivity index (χ3v) is 3.93. The fourth-order valence-electron chi connectivity index (χ4n) is 1.45. The van der Waals surface area contributed by atoms with E-state index in [1.165, 1.54) is 11.3 Å². The van der Waals surface area contributed by atoms with Gasteiger partial charge in [-0.05, 0) is 29.5 Å². The van der Waals surface area contributed by atoms with E-state index < -0.39 is 0 Å². The number of aromatic nitrogens is 3. The van der Waals surface area contributed by atoms with Crippen LogP contribution in [0.15, 0.2) is 10.9 Å². The Labute approximate surface area is 123 Å². The third kappa shape index (κ3) is 2.96. The summed E-state index contributed by atoms with van der Waals surface area (Å²) < 4.78 is 6.17. The highest BCUT2D eigenvalue weighted by atomic mass is 127. The minimum atomic E-state index is 0.469. The highest BCUT2D eigenvalue weighted by molar-refractivity contribution is 14.1. The Morgan fingerprint density at radius 2 is 2.28 bits per heavy atom. The summed E-state index contributed by atoms with van der Waals surface area (Å²) >= 11 is 3.77. The van der Waals surface area contributed by atoms with Gasteiger partial charge < -0.3 is 10.1 Å². The lowest BCUT2D eigenvalue weighted by atomic mass is 10.3. The van der Waals surface area contributed by atoms with Gasteiger partial charge in [0.25, 0.3) is 0 Å². The minimum absolute atomic E-state index is 0.469. The second-order valence-corrected chi connectivity index (χ2v) is 5.29. The first-order chi connectivity index (χ1) is 8.76. The molecule has 0 aliphatic heterocycles. The smallest absolute Gasteiger partial charge is 0.181 e. The van der Waals surface area contributed by atoms with Crippen LogP contribution in [-0.4, -0.2) is 28.6 Å². The molecule has 0 radical (unpaired) electrons. The second kappa shape index (κ2) is 6.39. The molecule has 7 heteroatoms. The third-order valence-electron chi connectivity index (χ3n) is 2.21. The number of nitrogens with one attached hydrogen (secondary N) is 1. The number of nitrogens with zero attached hydrogens (tertiary/aromatic N) is 3. The van der Waals surface area contributed by atoms with Crippen molar-refractivity contribution in [1.29, 1.82) is 0 Å². The van der Waals surface area contributed by atoms with Crippen LogP contribution in [0.5, 0.6) is 0 Å². The van der Waals surface area contributed by atoms with Gasteiger partial charge in [0, 0.05) is 19.0 Å². The molecule has 0 aliphatic rings. The van der Waals surface area contributed by atoms with Crippen molar-refractivity contribution in [2.24, 2.45) is 0 Å². The Hall–Kier alpha value is -0.800. The lowest BCUT2D eigenvalue weighted by Crippen LogP contribution is -2.08. The maximum absolute atomic E-state index is 5.17. The molecular weight excluding hydrogens is 363 g/mol. The van der Waals surface area contributed by atoms with E-state index in [-0.39, 0.29) is 0 Å². The molecule has 0 saturated carbocycles. The maximum Gasteiger partial charge on any atom is 0.181 e. The first-order valence-electron chi connectivity index (χ1n) is 5.44. The largest absolute Gasteiger partial charge is 0.378 e. The van der Waals surface area contributed by atoms with Gasteiger partial charge in [-0.2, -0.15) is 0 Å². The Bertz CT molecular complexity index is 491. The van der Waals surface area contributed by atoms with Crippen LogP contribution >= 0.6 is 33.9 Å². The monoisotopic (exact) mass is 376 g/mol. The maximum atomic E-state index is 5.17. The average molecular weight is 376 g/mol. The Morgan fingerprint density at radius 1 is 1.44 bits per heavy atom. The van der Waals surface area contributed by atoms with Crippen molar-refractivity contribution in [3.8, 4) is 11.5 Å². The van der Waals surface area contributed by atoms with Crippen LogP contribution in [0.25, 0.3) is 11.5 Å². The summed E-state index contributed by atoms with van der Waals surface area (Å²) in [5, 5.41) is 5.18. The number of methoxy groups -OCH3 is 1. The summed E-state index contributed by atoms with van der Waals surface area (Å²) in [5.74, 6) is 1.47. The summed E-state index contributed by atoms with van der Waals surface area (Å²) in [6.45, 7) is 3.32. The number of ether oxygens (including phenoxy) is 1. The molecule has 0 atom stereocenters. The number of thiazole rings is 1. The van der Waals surface area contributed by atoms with Crippen molar-refractivity contribution >= 4 is 39.7 Å². The molecule has 1 N–H and O–H groups in total. The number of halogens is 1. The molecule has 2 rings (SSSR count). The van der Waals surface area contributed by atoms with Crippen LogP contribution in [-0.2, 0) is 11.3 Å². The topological polar surface area (TPSA) is 59.9 Å². The van der Waals surface area contributed by atoms with Gasteiger partial charge >= 0.3 is 0 Å². The molecule has 0 aliphatic carbocycles. The highest BCUT2D eigenvalue weighted by Gasteiger charge is 2.13. The normalized spacial score (nSPS) is 10.6. The molecule has 0 spiro atoms. The molecule has 0 aromatic carbocycles. The lowest BCUT2D eigenvalue weighted by Gasteiger charge is -2.10. The quantitative estimate of drug-likeness (QED) is 0.814. The van der Waals surface area contributed by atoms with Gasteiger partial charge in [-0.3, -0.25) is 0 Å². The van der Waals surface area contributed by atoms with Gasteiger partial charge in [-0.15, -0.1) is 11.3 Å². The zero-order valence-corrected chi connectivity index (χ0v) is 13.1. The number of hydrogen-bond donors (Lipinski definition) is 1. The van der Waals surface area contributed by atoms with Crippen molar-refractivity contribution in [2.75, 3.05) is 19.0 Å². The van der Waals surface area contributed by atoms with Gasteiger partial charge in [-0.25, -0.2) is 15.0 Å². The molecule has 2 aromatic heterocycles. The molecule has 2 aromatic rings. The van der Waals surface area contributed by atoms with Crippen molar-refractivity contribution in [3.63, 3.8) is 0 Å². The van der Waals surface area contributed by atoms with Gasteiger partial charge in [0.15, 0.2) is 5.82 Å². The Morgan fingerprint density at radius 3 is 2.89 bits per heavy atom. The number of hydrogen-bond acceptors (Lipinski definition) is 6. The highest BCUT2D eigenvalue weighted by Crippen LogP contribution is 2.24. The number of rotatable bonds is 5. The van der Waals surface area contributed by atoms with Crippen LogP contribution in [0.3, 0.4) is 0 Å². The van der Waals surface area contributed by atoms with Crippen molar-refractivity contribution in [1.82, 2.24) is 15.0 Å². The summed E-state index contributed by atoms with van der Waals surface area (Å²) in [6.07, 6.45) is 0. The van der Waals surface area contributed by atoms with Crippen LogP contribution in [0.4, 0.5) is 5.82 Å². The van der Waals surface area contributed by atoms with Crippen LogP contribution in [0.1, 0.15) is 12.6 Å². The van der Waals surface area contributed by atoms with E-state index >= 15 is 0 Å². The average Bonchev–Trinajstić information content (AvgIpc) is 2.88. The van der Waals surface area contributed by atoms with Crippen LogP contribution in [0.2, 0.25) is 0 Å². The summed E-state index contributed by atoms with van der Waals surface area (Å²) in [5.41, 5.74) is 3.46. The van der Waals surface area contributed by atoms with Crippen molar-refractivity contribution in [3.05, 3.63) is 20.2 Å². The SMILES string of the molecule is CCNc1nc(-c2cscn2)nc(COC)c1I. The predicted molar refractivity (Wildman–Crippen MR) is 80.7 cm³/mol. The molecule has 0 unspecified atom stereocenters. The molecule has 0 fully saturated rings. The molecule has 0 bridgehead atoms. The zero-order chi connectivity index (χ0) is 13.0. The summed E-state index contributed by atoms with van der Waals surface area (Å²) in [4.78, 5) is 13.3. The van der Waals surface area contributed by atoms with Crippen molar-refractivity contribution < 1.29 is 4.74 Å². The zero-order valence-electron chi connectivity index (χ0n) is 10.1. The lowest BCUT2D eigenvalue weighted by molar-refractivity contribution is 0.181. The van der Waals surface area contributed by atoms with E-state index in [9.17, 15) is 0 Å². The molecule has 5 nitrogen and oxygen atoms in total. The van der Waals surface area contributed by atoms with E-state index in [1.807, 2.05) is 12.3 Å². The van der Waals surface area contributed by atoms with Crippen LogP contribution in [0, 0.1) is 3.57 Å². The van der Waals surface area contributed by atoms with Gasteiger partial charge in [0.05, 0.1) is 21.4 Å².